The summed E-state index contributed by atoms with van der Waals surface area (Å²) in [6.07, 6.45) is 3.86. The van der Waals surface area contributed by atoms with Crippen molar-refractivity contribution in [1.29, 1.82) is 0 Å². The fourth-order valence-corrected chi connectivity index (χ4v) is 3.66. The van der Waals surface area contributed by atoms with Gasteiger partial charge in [-0.25, -0.2) is 4.98 Å². The topological polar surface area (TPSA) is 52.6 Å². The maximum Gasteiger partial charge on any atom is 0.191 e. The molecule has 0 amide bonds. The van der Waals surface area contributed by atoms with Crippen molar-refractivity contribution in [2.24, 2.45) is 10.9 Å². The molecule has 1 aliphatic heterocycles. The Morgan fingerprint density at radius 3 is 2.65 bits per heavy atom. The largest absolute Gasteiger partial charge is 0.356 e. The minimum Gasteiger partial charge on any atom is -0.356 e. The molecule has 2 heterocycles. The molecule has 0 aliphatic carbocycles. The molecule has 1 saturated heterocycles. The zero-order valence-electron chi connectivity index (χ0n) is 15.0. The van der Waals surface area contributed by atoms with Crippen LogP contribution < -0.4 is 10.6 Å². The van der Waals surface area contributed by atoms with Crippen LogP contribution in [0, 0.1) is 19.8 Å². The van der Waals surface area contributed by atoms with Crippen molar-refractivity contribution >= 4 is 17.3 Å². The molecular formula is C17H31N5S. The Bertz CT molecular complexity index is 484. The molecule has 6 heteroatoms. The molecule has 0 atom stereocenters. The standard InChI is InChI=1S/C17H31N5S/c1-13-6-10-22(11-7-13)9-5-8-19-17(18-4)20-12-16-21-14(2)15(3)23-16/h13H,5-12H2,1-4H3,(H2,18,19,20). The van der Waals surface area contributed by atoms with Gasteiger partial charge in [-0.2, -0.15) is 0 Å². The Morgan fingerprint density at radius 2 is 2.04 bits per heavy atom. The summed E-state index contributed by atoms with van der Waals surface area (Å²) in [6.45, 7) is 11.9. The fraction of sp³-hybridized carbons (Fsp3) is 0.765. The molecule has 130 valence electrons. The third-order valence-electron chi connectivity index (χ3n) is 4.52. The number of likely N-dealkylation sites (tertiary alicyclic amines) is 1. The average Bonchev–Trinajstić information content (AvgIpc) is 2.87. The second-order valence-corrected chi connectivity index (χ2v) is 7.77. The predicted molar refractivity (Wildman–Crippen MR) is 99.2 cm³/mol. The van der Waals surface area contributed by atoms with Crippen LogP contribution in [-0.4, -0.2) is 49.1 Å². The average molecular weight is 338 g/mol. The van der Waals surface area contributed by atoms with Gasteiger partial charge in [0, 0.05) is 18.5 Å². The van der Waals surface area contributed by atoms with Crippen molar-refractivity contribution in [3.63, 3.8) is 0 Å². The summed E-state index contributed by atoms with van der Waals surface area (Å²) in [5.74, 6) is 1.77. The van der Waals surface area contributed by atoms with Gasteiger partial charge in [0.05, 0.1) is 12.2 Å². The highest BCUT2D eigenvalue weighted by molar-refractivity contribution is 7.11. The lowest BCUT2D eigenvalue weighted by atomic mass is 9.99. The molecule has 0 bridgehead atoms. The van der Waals surface area contributed by atoms with Crippen LogP contribution in [0.3, 0.4) is 0 Å². The van der Waals surface area contributed by atoms with E-state index < -0.39 is 0 Å². The van der Waals surface area contributed by atoms with Crippen LogP contribution in [-0.2, 0) is 6.54 Å². The van der Waals surface area contributed by atoms with Crippen LogP contribution in [0.1, 0.15) is 41.8 Å². The van der Waals surface area contributed by atoms with E-state index in [4.69, 9.17) is 0 Å². The molecule has 1 fully saturated rings. The van der Waals surface area contributed by atoms with E-state index in [1.165, 1.54) is 37.4 Å². The van der Waals surface area contributed by atoms with Gasteiger partial charge in [-0.3, -0.25) is 4.99 Å². The van der Waals surface area contributed by atoms with E-state index in [-0.39, 0.29) is 0 Å². The molecular weight excluding hydrogens is 306 g/mol. The summed E-state index contributed by atoms with van der Waals surface area (Å²) in [5.41, 5.74) is 1.13. The summed E-state index contributed by atoms with van der Waals surface area (Å²) in [5, 5.41) is 7.86. The predicted octanol–water partition coefficient (Wildman–Crippen LogP) is 2.55. The molecule has 1 aliphatic rings. The lowest BCUT2D eigenvalue weighted by molar-refractivity contribution is 0.191. The van der Waals surface area contributed by atoms with Crippen molar-refractivity contribution in [2.75, 3.05) is 33.2 Å². The van der Waals surface area contributed by atoms with Crippen molar-refractivity contribution < 1.29 is 0 Å². The maximum atomic E-state index is 4.55. The quantitative estimate of drug-likeness (QED) is 0.476. The second-order valence-electron chi connectivity index (χ2n) is 6.48. The van der Waals surface area contributed by atoms with Gasteiger partial charge in [-0.15, -0.1) is 11.3 Å². The summed E-state index contributed by atoms with van der Waals surface area (Å²) >= 11 is 1.75. The number of thiazole rings is 1. The third-order valence-corrected chi connectivity index (χ3v) is 5.60. The van der Waals surface area contributed by atoms with Gasteiger partial charge >= 0.3 is 0 Å². The van der Waals surface area contributed by atoms with Gasteiger partial charge < -0.3 is 15.5 Å². The number of aryl methyl sites for hydroxylation is 2. The number of nitrogens with zero attached hydrogens (tertiary/aromatic N) is 3. The summed E-state index contributed by atoms with van der Waals surface area (Å²) in [6, 6.07) is 0. The number of guanidine groups is 1. The lowest BCUT2D eigenvalue weighted by Gasteiger charge is -2.30. The number of piperidine rings is 1. The van der Waals surface area contributed by atoms with Crippen LogP contribution in [0.25, 0.3) is 0 Å². The Balaban J connectivity index is 1.61. The minimum atomic E-state index is 0.739. The molecule has 0 spiro atoms. The van der Waals surface area contributed by atoms with Crippen molar-refractivity contribution in [2.45, 2.75) is 46.6 Å². The molecule has 1 aromatic heterocycles. The molecule has 0 aromatic carbocycles. The van der Waals surface area contributed by atoms with Gasteiger partial charge in [0.25, 0.3) is 0 Å². The maximum absolute atomic E-state index is 4.55. The van der Waals surface area contributed by atoms with Crippen LogP contribution in [0.5, 0.6) is 0 Å². The lowest BCUT2D eigenvalue weighted by Crippen LogP contribution is -2.39. The molecule has 0 saturated carbocycles. The first-order chi connectivity index (χ1) is 11.1. The van der Waals surface area contributed by atoms with E-state index in [1.807, 2.05) is 7.05 Å². The van der Waals surface area contributed by atoms with Crippen LogP contribution >= 0.6 is 11.3 Å². The number of aliphatic imine (C=N–C) groups is 1. The van der Waals surface area contributed by atoms with Gasteiger partial charge in [0.2, 0.25) is 0 Å². The van der Waals surface area contributed by atoms with Crippen LogP contribution in [0.2, 0.25) is 0 Å². The fourth-order valence-electron chi connectivity index (χ4n) is 2.79. The Kier molecular flexibility index (Phi) is 7.30. The van der Waals surface area contributed by atoms with Crippen molar-refractivity contribution in [3.05, 3.63) is 15.6 Å². The second kappa shape index (κ2) is 9.23. The normalized spacial score (nSPS) is 17.5. The molecule has 2 rings (SSSR count). The summed E-state index contributed by atoms with van der Waals surface area (Å²) in [4.78, 5) is 12.7. The van der Waals surface area contributed by atoms with Crippen LogP contribution in [0.4, 0.5) is 0 Å². The van der Waals surface area contributed by atoms with Gasteiger partial charge in [0.1, 0.15) is 5.01 Å². The van der Waals surface area contributed by atoms with E-state index in [0.29, 0.717) is 0 Å². The molecule has 23 heavy (non-hydrogen) atoms. The zero-order chi connectivity index (χ0) is 16.7. The Labute approximate surface area is 144 Å². The van der Waals surface area contributed by atoms with Gasteiger partial charge in [-0.05, 0) is 58.7 Å². The highest BCUT2D eigenvalue weighted by atomic mass is 32.1. The first-order valence-corrected chi connectivity index (χ1v) is 9.50. The zero-order valence-corrected chi connectivity index (χ0v) is 15.8. The van der Waals surface area contributed by atoms with E-state index in [9.17, 15) is 0 Å². The molecule has 0 radical (unpaired) electrons. The molecule has 0 unspecified atom stereocenters. The van der Waals surface area contributed by atoms with E-state index in [0.717, 1.165) is 42.1 Å². The van der Waals surface area contributed by atoms with E-state index in [2.05, 4.69) is 46.3 Å². The smallest absolute Gasteiger partial charge is 0.191 e. The molecule has 1 aromatic rings. The summed E-state index contributed by atoms with van der Waals surface area (Å²) < 4.78 is 0. The number of hydrogen-bond donors (Lipinski definition) is 2. The molecule has 2 N–H and O–H groups in total. The highest BCUT2D eigenvalue weighted by Crippen LogP contribution is 2.16. The Hall–Kier alpha value is -1.14. The minimum absolute atomic E-state index is 0.739. The third kappa shape index (κ3) is 6.11. The van der Waals surface area contributed by atoms with E-state index in [1.54, 1.807) is 11.3 Å². The Morgan fingerprint density at radius 1 is 1.30 bits per heavy atom. The highest BCUT2D eigenvalue weighted by Gasteiger charge is 2.14. The van der Waals surface area contributed by atoms with Crippen molar-refractivity contribution in [1.82, 2.24) is 20.5 Å². The van der Waals surface area contributed by atoms with Gasteiger partial charge in [-0.1, -0.05) is 6.92 Å². The number of rotatable bonds is 6. The number of hydrogen-bond acceptors (Lipinski definition) is 4. The molecule has 5 nitrogen and oxygen atoms in total. The number of aromatic nitrogens is 1. The number of nitrogens with one attached hydrogen (secondary N) is 2. The first kappa shape index (κ1) is 18.2. The van der Waals surface area contributed by atoms with Gasteiger partial charge in [0.15, 0.2) is 5.96 Å². The van der Waals surface area contributed by atoms with E-state index >= 15 is 0 Å². The SMILES string of the molecule is CN=C(NCCCN1CCC(C)CC1)NCc1nc(C)c(C)s1. The summed E-state index contributed by atoms with van der Waals surface area (Å²) in [7, 11) is 1.82. The van der Waals surface area contributed by atoms with Crippen molar-refractivity contribution in [3.8, 4) is 0 Å². The monoisotopic (exact) mass is 337 g/mol. The first-order valence-electron chi connectivity index (χ1n) is 8.68. The van der Waals surface area contributed by atoms with Crippen LogP contribution in [0.15, 0.2) is 4.99 Å².